The molecule has 1 aromatic heterocycles. The number of amides is 1. The van der Waals surface area contributed by atoms with Crippen LogP contribution in [0.4, 0.5) is 0 Å². The number of benzene rings is 1. The zero-order valence-electron chi connectivity index (χ0n) is 21.6. The normalized spacial score (nSPS) is 23.5. The third kappa shape index (κ3) is 5.51. The number of nitrogens with zero attached hydrogens (tertiary/aromatic N) is 3. The summed E-state index contributed by atoms with van der Waals surface area (Å²) < 4.78 is 26.7. The number of hydrogen-bond acceptors (Lipinski definition) is 6. The number of sulfonamides is 1. The van der Waals surface area contributed by atoms with Gasteiger partial charge in [0.15, 0.2) is 0 Å². The Kier molecular flexibility index (Phi) is 7.89. The van der Waals surface area contributed by atoms with Crippen molar-refractivity contribution >= 4 is 26.8 Å². The number of carbonyl (C=O) groups is 1. The summed E-state index contributed by atoms with van der Waals surface area (Å²) >= 11 is 0. The van der Waals surface area contributed by atoms with Crippen molar-refractivity contribution in [2.75, 3.05) is 25.9 Å². The van der Waals surface area contributed by atoms with Gasteiger partial charge in [-0.1, -0.05) is 25.1 Å². The molecule has 0 aliphatic carbocycles. The second kappa shape index (κ2) is 10.6. The minimum absolute atomic E-state index is 0.0510. The van der Waals surface area contributed by atoms with Gasteiger partial charge >= 0.3 is 0 Å². The summed E-state index contributed by atoms with van der Waals surface area (Å²) in [6, 6.07) is 9.58. The molecule has 0 saturated carbocycles. The number of hydrogen-bond donors (Lipinski definition) is 2. The van der Waals surface area contributed by atoms with Crippen LogP contribution in [0.5, 0.6) is 0 Å². The molecule has 1 aromatic carbocycles. The molecule has 10 heteroatoms. The van der Waals surface area contributed by atoms with E-state index in [1.54, 1.807) is 17.6 Å². The maximum Gasteiger partial charge on any atom is 0.264 e. The van der Waals surface area contributed by atoms with Gasteiger partial charge in [0.2, 0.25) is 10.0 Å². The molecule has 2 aromatic rings. The smallest absolute Gasteiger partial charge is 0.264 e. The van der Waals surface area contributed by atoms with Gasteiger partial charge < -0.3 is 15.0 Å². The maximum atomic E-state index is 13.3. The summed E-state index contributed by atoms with van der Waals surface area (Å²) in [7, 11) is -3.36. The SMILES string of the molecule is CCN(CC(O)CN1[C@@H]2CC[C@H]1CC(NC(=O)c1cc3ccccc3n(C(C)C)c1=O)C2)S(C)(=O)=O. The van der Waals surface area contributed by atoms with E-state index < -0.39 is 16.1 Å². The Balaban J connectivity index is 1.44. The van der Waals surface area contributed by atoms with Crippen LogP contribution >= 0.6 is 0 Å². The molecule has 4 atom stereocenters. The first-order valence-corrected chi connectivity index (χ1v) is 14.7. The lowest BCUT2D eigenvalue weighted by Crippen LogP contribution is -2.53. The van der Waals surface area contributed by atoms with Crippen molar-refractivity contribution in [1.82, 2.24) is 19.1 Å². The van der Waals surface area contributed by atoms with Crippen LogP contribution < -0.4 is 10.9 Å². The number of pyridine rings is 1. The van der Waals surface area contributed by atoms with Crippen molar-refractivity contribution < 1.29 is 18.3 Å². The highest BCUT2D eigenvalue weighted by Crippen LogP contribution is 2.36. The molecule has 4 rings (SSSR count). The number of aliphatic hydroxyl groups excluding tert-OH is 1. The lowest BCUT2D eigenvalue weighted by Gasteiger charge is -2.40. The van der Waals surface area contributed by atoms with E-state index in [2.05, 4.69) is 10.2 Å². The topological polar surface area (TPSA) is 112 Å². The van der Waals surface area contributed by atoms with Crippen molar-refractivity contribution in [2.24, 2.45) is 0 Å². The number of carbonyl (C=O) groups excluding carboxylic acids is 1. The van der Waals surface area contributed by atoms with E-state index in [9.17, 15) is 23.1 Å². The van der Waals surface area contributed by atoms with Crippen LogP contribution in [-0.2, 0) is 10.0 Å². The molecular weight excluding hydrogens is 480 g/mol. The first kappa shape index (κ1) is 26.8. The predicted molar refractivity (Wildman–Crippen MR) is 141 cm³/mol. The average Bonchev–Trinajstić information content (AvgIpc) is 3.03. The minimum atomic E-state index is -3.36. The van der Waals surface area contributed by atoms with Crippen LogP contribution in [-0.4, -0.2) is 83.3 Å². The minimum Gasteiger partial charge on any atom is -0.390 e. The summed E-state index contributed by atoms with van der Waals surface area (Å²) in [6.45, 7) is 6.45. The molecule has 0 radical (unpaired) electrons. The molecule has 2 fully saturated rings. The molecular formula is C26H38N4O5S. The first-order chi connectivity index (χ1) is 17.0. The highest BCUT2D eigenvalue weighted by atomic mass is 32.2. The fourth-order valence-electron chi connectivity index (χ4n) is 5.95. The predicted octanol–water partition coefficient (Wildman–Crippen LogP) is 1.95. The van der Waals surface area contributed by atoms with E-state index >= 15 is 0 Å². The molecule has 36 heavy (non-hydrogen) atoms. The lowest BCUT2D eigenvalue weighted by molar-refractivity contribution is 0.0434. The van der Waals surface area contributed by atoms with Gasteiger partial charge in [0.05, 0.1) is 17.9 Å². The number of rotatable bonds is 9. The molecule has 198 valence electrons. The van der Waals surface area contributed by atoms with E-state index in [0.717, 1.165) is 42.8 Å². The van der Waals surface area contributed by atoms with Crippen molar-refractivity contribution in [2.45, 2.75) is 76.7 Å². The summed E-state index contributed by atoms with van der Waals surface area (Å²) in [5.41, 5.74) is 0.695. The molecule has 2 saturated heterocycles. The van der Waals surface area contributed by atoms with Gasteiger partial charge in [-0.2, -0.15) is 4.31 Å². The number of piperidine rings is 1. The highest BCUT2D eigenvalue weighted by Gasteiger charge is 2.42. The van der Waals surface area contributed by atoms with Crippen molar-refractivity contribution in [1.29, 1.82) is 0 Å². The van der Waals surface area contributed by atoms with E-state index in [1.807, 2.05) is 38.1 Å². The van der Waals surface area contributed by atoms with Crippen LogP contribution in [0, 0.1) is 0 Å². The van der Waals surface area contributed by atoms with Gasteiger partial charge in [-0.05, 0) is 57.0 Å². The molecule has 2 bridgehead atoms. The number of nitrogens with one attached hydrogen (secondary N) is 1. The van der Waals surface area contributed by atoms with E-state index in [4.69, 9.17) is 0 Å². The molecule has 3 heterocycles. The van der Waals surface area contributed by atoms with Gasteiger partial charge in [-0.15, -0.1) is 0 Å². The van der Waals surface area contributed by atoms with Gasteiger partial charge in [0.25, 0.3) is 11.5 Å². The standard InChI is InChI=1S/C26H38N4O5S/c1-5-28(36(4,34)35)15-22(31)16-29-20-10-11-21(29)14-19(13-20)27-25(32)23-12-18-8-6-7-9-24(18)30(17(2)3)26(23)33/h6-9,12,17,19-22,31H,5,10-11,13-16H2,1-4H3,(H,27,32)/t19?,20-,21+,22?. The average molecular weight is 519 g/mol. The Morgan fingerprint density at radius 3 is 2.42 bits per heavy atom. The Hall–Kier alpha value is -2.27. The Bertz CT molecular complexity index is 1260. The van der Waals surface area contributed by atoms with Gasteiger partial charge in [-0.25, -0.2) is 8.42 Å². The van der Waals surface area contributed by atoms with Crippen LogP contribution in [0.1, 0.15) is 62.9 Å². The van der Waals surface area contributed by atoms with Crippen LogP contribution in [0.25, 0.3) is 10.9 Å². The van der Waals surface area contributed by atoms with Gasteiger partial charge in [0.1, 0.15) is 5.56 Å². The second-order valence-corrected chi connectivity index (χ2v) is 12.5. The van der Waals surface area contributed by atoms with Crippen LogP contribution in [0.3, 0.4) is 0 Å². The number of para-hydroxylation sites is 1. The summed E-state index contributed by atoms with van der Waals surface area (Å²) in [5, 5.41) is 14.6. The van der Waals surface area contributed by atoms with Crippen molar-refractivity contribution in [3.63, 3.8) is 0 Å². The van der Waals surface area contributed by atoms with Crippen LogP contribution in [0.2, 0.25) is 0 Å². The molecule has 0 spiro atoms. The molecule has 2 N–H and O–H groups in total. The summed E-state index contributed by atoms with van der Waals surface area (Å²) in [6.07, 6.45) is 3.81. The molecule has 9 nitrogen and oxygen atoms in total. The third-order valence-corrected chi connectivity index (χ3v) is 8.93. The maximum absolute atomic E-state index is 13.3. The summed E-state index contributed by atoms with van der Waals surface area (Å²) in [5.74, 6) is -0.343. The lowest BCUT2D eigenvalue weighted by atomic mass is 9.96. The number of fused-ring (bicyclic) bond motifs is 3. The van der Waals surface area contributed by atoms with Gasteiger partial charge in [-0.3, -0.25) is 14.5 Å². The highest BCUT2D eigenvalue weighted by molar-refractivity contribution is 7.88. The molecule has 2 aliphatic heterocycles. The fourth-order valence-corrected chi connectivity index (χ4v) is 6.86. The zero-order valence-corrected chi connectivity index (χ0v) is 22.4. The Labute approximate surface area is 213 Å². The number of aliphatic hydroxyl groups is 1. The largest absolute Gasteiger partial charge is 0.390 e. The number of aromatic nitrogens is 1. The Morgan fingerprint density at radius 1 is 1.19 bits per heavy atom. The zero-order chi connectivity index (χ0) is 26.2. The van der Waals surface area contributed by atoms with Crippen molar-refractivity contribution in [3.05, 3.63) is 46.2 Å². The molecule has 1 amide bonds. The van der Waals surface area contributed by atoms with Crippen LogP contribution in [0.15, 0.2) is 35.1 Å². The molecule has 2 aliphatic rings. The first-order valence-electron chi connectivity index (χ1n) is 12.8. The summed E-state index contributed by atoms with van der Waals surface area (Å²) in [4.78, 5) is 28.7. The van der Waals surface area contributed by atoms with Crippen molar-refractivity contribution in [3.8, 4) is 0 Å². The quantitative estimate of drug-likeness (QED) is 0.525. The fraction of sp³-hybridized carbons (Fsp3) is 0.615. The van der Waals surface area contributed by atoms with Gasteiger partial charge in [0, 0.05) is 43.8 Å². The second-order valence-electron chi connectivity index (χ2n) is 10.5. The number of likely N-dealkylation sites (N-methyl/N-ethyl adjacent to an activating group) is 1. The van der Waals surface area contributed by atoms with E-state index in [1.165, 1.54) is 4.31 Å². The molecule has 2 unspecified atom stereocenters. The van der Waals surface area contributed by atoms with E-state index in [0.29, 0.717) is 13.1 Å². The third-order valence-electron chi connectivity index (χ3n) is 7.58. The van der Waals surface area contributed by atoms with E-state index in [-0.39, 0.29) is 47.7 Å². The Morgan fingerprint density at radius 2 is 1.83 bits per heavy atom. The monoisotopic (exact) mass is 518 g/mol.